The highest BCUT2D eigenvalue weighted by Gasteiger charge is 2.09. The lowest BCUT2D eigenvalue weighted by Gasteiger charge is -2.07. The number of carbonyl (C=O) groups is 1. The predicted molar refractivity (Wildman–Crippen MR) is 84.0 cm³/mol. The number of hydrogen-bond acceptors (Lipinski definition) is 3. The molecule has 2 aromatic rings. The first-order chi connectivity index (χ1) is 9.56. The van der Waals surface area contributed by atoms with Gasteiger partial charge in [-0.25, -0.2) is 0 Å². The normalized spacial score (nSPS) is 10.5. The summed E-state index contributed by atoms with van der Waals surface area (Å²) in [4.78, 5) is 13.1. The van der Waals surface area contributed by atoms with Crippen molar-refractivity contribution in [3.05, 3.63) is 44.6 Å². The molecule has 2 rings (SSSR count). The van der Waals surface area contributed by atoms with E-state index in [1.165, 1.54) is 17.0 Å². The van der Waals surface area contributed by atoms with E-state index < -0.39 is 0 Å². The molecule has 106 valence electrons. The first-order valence-electron chi connectivity index (χ1n) is 6.06. The second-order valence-corrected chi connectivity index (χ2v) is 6.12. The number of hydrogen-bond donors (Lipinski definition) is 2. The smallest absolute Gasteiger partial charge is 0.224 e. The number of phenolic OH excluding ortho intramolecular Hbond substituents is 1. The fourth-order valence-corrected chi connectivity index (χ4v) is 2.98. The van der Waals surface area contributed by atoms with Crippen molar-refractivity contribution in [3.63, 3.8) is 0 Å². The molecule has 0 radical (unpaired) electrons. The molecule has 20 heavy (non-hydrogen) atoms. The van der Waals surface area contributed by atoms with E-state index >= 15 is 0 Å². The van der Waals surface area contributed by atoms with Crippen LogP contribution in [0.25, 0.3) is 0 Å². The van der Waals surface area contributed by atoms with Crippen molar-refractivity contribution in [2.45, 2.75) is 19.3 Å². The van der Waals surface area contributed by atoms with E-state index in [0.717, 1.165) is 12.8 Å². The molecule has 1 aromatic heterocycles. The summed E-state index contributed by atoms with van der Waals surface area (Å²) < 4.78 is 0. The van der Waals surface area contributed by atoms with Gasteiger partial charge in [0.25, 0.3) is 0 Å². The van der Waals surface area contributed by atoms with E-state index in [1.54, 1.807) is 11.3 Å². The number of aryl methyl sites for hydroxylation is 1. The summed E-state index contributed by atoms with van der Waals surface area (Å²) in [5.74, 6) is -0.275. The van der Waals surface area contributed by atoms with Gasteiger partial charge < -0.3 is 10.4 Å². The molecular formula is C14H13Cl2NO2S. The number of benzene rings is 1. The van der Waals surface area contributed by atoms with Crippen LogP contribution in [0.1, 0.15) is 17.7 Å². The molecular weight excluding hydrogens is 317 g/mol. The molecule has 1 heterocycles. The number of nitrogens with one attached hydrogen (secondary N) is 1. The molecule has 0 fully saturated rings. The zero-order valence-electron chi connectivity index (χ0n) is 10.5. The molecule has 6 heteroatoms. The molecule has 0 aliphatic heterocycles. The van der Waals surface area contributed by atoms with Crippen molar-refractivity contribution in [3.8, 4) is 5.75 Å². The van der Waals surface area contributed by atoms with Gasteiger partial charge in [0.2, 0.25) is 5.91 Å². The van der Waals surface area contributed by atoms with Crippen molar-refractivity contribution >= 4 is 46.1 Å². The Balaban J connectivity index is 1.85. The number of phenols is 1. The number of anilines is 1. The van der Waals surface area contributed by atoms with Crippen LogP contribution in [0, 0.1) is 0 Å². The zero-order valence-corrected chi connectivity index (χ0v) is 12.9. The Hall–Kier alpha value is -1.23. The van der Waals surface area contributed by atoms with Crippen LogP contribution in [0.4, 0.5) is 5.69 Å². The van der Waals surface area contributed by atoms with Gasteiger partial charge in [-0.05, 0) is 36.4 Å². The third-order valence-corrected chi connectivity index (χ3v) is 4.22. The number of carbonyl (C=O) groups excluding carboxylic acids is 1. The summed E-state index contributed by atoms with van der Waals surface area (Å²) in [6.07, 6.45) is 2.10. The quantitative estimate of drug-likeness (QED) is 0.779. The average molecular weight is 330 g/mol. The Bertz CT molecular complexity index is 576. The fraction of sp³-hybridized carbons (Fsp3) is 0.214. The molecule has 0 saturated heterocycles. The summed E-state index contributed by atoms with van der Waals surface area (Å²) in [7, 11) is 0. The fourth-order valence-electron chi connectivity index (χ4n) is 1.74. The van der Waals surface area contributed by atoms with E-state index in [9.17, 15) is 9.90 Å². The summed E-state index contributed by atoms with van der Waals surface area (Å²) in [5, 5.41) is 14.4. The average Bonchev–Trinajstić information content (AvgIpc) is 2.89. The Morgan fingerprint density at radius 2 is 2.00 bits per heavy atom. The molecule has 0 spiro atoms. The van der Waals surface area contributed by atoms with Crippen molar-refractivity contribution in [1.82, 2.24) is 0 Å². The molecule has 0 aliphatic carbocycles. The minimum Gasteiger partial charge on any atom is -0.505 e. The second-order valence-electron chi connectivity index (χ2n) is 4.27. The number of thiophene rings is 1. The third kappa shape index (κ3) is 4.13. The topological polar surface area (TPSA) is 49.3 Å². The van der Waals surface area contributed by atoms with Gasteiger partial charge in [-0.15, -0.1) is 11.3 Å². The van der Waals surface area contributed by atoms with Crippen LogP contribution in [0.2, 0.25) is 10.0 Å². The maximum atomic E-state index is 11.8. The molecule has 2 N–H and O–H groups in total. The third-order valence-electron chi connectivity index (χ3n) is 2.71. The van der Waals surface area contributed by atoms with Crippen LogP contribution in [0.5, 0.6) is 5.75 Å². The van der Waals surface area contributed by atoms with E-state index in [-0.39, 0.29) is 21.7 Å². The van der Waals surface area contributed by atoms with E-state index in [2.05, 4.69) is 11.4 Å². The SMILES string of the molecule is O=C(CCCc1cccs1)Nc1cc(Cl)c(O)c(Cl)c1. The monoisotopic (exact) mass is 329 g/mol. The number of rotatable bonds is 5. The lowest BCUT2D eigenvalue weighted by molar-refractivity contribution is -0.116. The van der Waals surface area contributed by atoms with Crippen LogP contribution in [0.3, 0.4) is 0 Å². The first kappa shape index (κ1) is 15.2. The van der Waals surface area contributed by atoms with Gasteiger partial charge in [0.1, 0.15) is 0 Å². The van der Waals surface area contributed by atoms with Gasteiger partial charge in [0.05, 0.1) is 10.0 Å². The lowest BCUT2D eigenvalue weighted by atomic mass is 10.2. The lowest BCUT2D eigenvalue weighted by Crippen LogP contribution is -2.11. The summed E-state index contributed by atoms with van der Waals surface area (Å²) in [6, 6.07) is 7.00. The van der Waals surface area contributed by atoms with Gasteiger partial charge in [-0.1, -0.05) is 29.3 Å². The molecule has 0 unspecified atom stereocenters. The maximum absolute atomic E-state index is 11.8. The first-order valence-corrected chi connectivity index (χ1v) is 7.70. The Morgan fingerprint density at radius 3 is 2.60 bits per heavy atom. The summed E-state index contributed by atoms with van der Waals surface area (Å²) in [5.41, 5.74) is 0.485. The highest BCUT2D eigenvalue weighted by Crippen LogP contribution is 2.34. The van der Waals surface area contributed by atoms with E-state index in [1.807, 2.05) is 11.4 Å². The zero-order chi connectivity index (χ0) is 14.5. The van der Waals surface area contributed by atoms with Gasteiger partial charge in [0, 0.05) is 17.0 Å². The number of aromatic hydroxyl groups is 1. The van der Waals surface area contributed by atoms with Crippen molar-refractivity contribution in [1.29, 1.82) is 0 Å². The van der Waals surface area contributed by atoms with Gasteiger partial charge in [0.15, 0.2) is 5.75 Å². The molecule has 0 aliphatic rings. The molecule has 3 nitrogen and oxygen atoms in total. The predicted octanol–water partition coefficient (Wildman–Crippen LogP) is 4.72. The van der Waals surface area contributed by atoms with Crippen molar-refractivity contribution in [2.75, 3.05) is 5.32 Å². The molecule has 0 saturated carbocycles. The Kier molecular flexibility index (Phi) is 5.29. The van der Waals surface area contributed by atoms with Crippen LogP contribution in [0.15, 0.2) is 29.6 Å². The second kappa shape index (κ2) is 6.97. The molecule has 0 bridgehead atoms. The number of halogens is 2. The van der Waals surface area contributed by atoms with Crippen LogP contribution in [-0.2, 0) is 11.2 Å². The highest BCUT2D eigenvalue weighted by molar-refractivity contribution is 7.09. The van der Waals surface area contributed by atoms with Crippen LogP contribution in [-0.4, -0.2) is 11.0 Å². The minimum atomic E-state index is -0.177. The van der Waals surface area contributed by atoms with Crippen molar-refractivity contribution in [2.24, 2.45) is 0 Å². The van der Waals surface area contributed by atoms with E-state index in [0.29, 0.717) is 12.1 Å². The van der Waals surface area contributed by atoms with Crippen LogP contribution < -0.4 is 5.32 Å². The standard InChI is InChI=1S/C14H13Cl2NO2S/c15-11-7-9(8-12(16)14(11)19)17-13(18)5-1-3-10-4-2-6-20-10/h2,4,6-8,19H,1,3,5H2,(H,17,18). The highest BCUT2D eigenvalue weighted by atomic mass is 35.5. The van der Waals surface area contributed by atoms with Gasteiger partial charge in [-0.2, -0.15) is 0 Å². The van der Waals surface area contributed by atoms with Gasteiger partial charge >= 0.3 is 0 Å². The minimum absolute atomic E-state index is 0.0978. The Labute approximate surface area is 131 Å². The summed E-state index contributed by atoms with van der Waals surface area (Å²) in [6.45, 7) is 0. The van der Waals surface area contributed by atoms with E-state index in [4.69, 9.17) is 23.2 Å². The number of amides is 1. The Morgan fingerprint density at radius 1 is 1.30 bits per heavy atom. The maximum Gasteiger partial charge on any atom is 0.224 e. The van der Waals surface area contributed by atoms with Gasteiger partial charge in [-0.3, -0.25) is 4.79 Å². The molecule has 1 aromatic carbocycles. The molecule has 1 amide bonds. The van der Waals surface area contributed by atoms with Crippen molar-refractivity contribution < 1.29 is 9.90 Å². The largest absolute Gasteiger partial charge is 0.505 e. The molecule has 0 atom stereocenters. The van der Waals surface area contributed by atoms with Crippen LogP contribution >= 0.6 is 34.5 Å². The summed E-state index contributed by atoms with van der Waals surface area (Å²) >= 11 is 13.3.